The Labute approximate surface area is 216 Å². The molecule has 0 aromatic rings. The van der Waals surface area contributed by atoms with Gasteiger partial charge in [-0.1, -0.05) is 19.9 Å². The van der Waals surface area contributed by atoms with Crippen LogP contribution >= 0.6 is 0 Å². The summed E-state index contributed by atoms with van der Waals surface area (Å²) in [5, 5.41) is 9.47. The van der Waals surface area contributed by atoms with Gasteiger partial charge in [0, 0.05) is 24.6 Å². The summed E-state index contributed by atoms with van der Waals surface area (Å²) in [7, 11) is 0. The Morgan fingerprint density at radius 3 is 2.32 bits per heavy atom. The number of urea groups is 1. The first-order valence-corrected chi connectivity index (χ1v) is 13.6. The van der Waals surface area contributed by atoms with Gasteiger partial charge in [-0.3, -0.25) is 9.69 Å². The zero-order chi connectivity index (χ0) is 27.3. The molecule has 0 bridgehead atoms. The summed E-state index contributed by atoms with van der Waals surface area (Å²) in [4.78, 5) is 40.0. The highest BCUT2D eigenvalue weighted by molar-refractivity contribution is 5.96. The molecule has 0 unspecified atom stereocenters. The van der Waals surface area contributed by atoms with Crippen LogP contribution in [0.1, 0.15) is 72.6 Å². The van der Waals surface area contributed by atoms with E-state index in [2.05, 4.69) is 13.0 Å². The lowest BCUT2D eigenvalue weighted by Crippen LogP contribution is -2.55. The standard InChI is InChI=1S/C28H39F3N2O4/c1-5-32(6-2)25(37)33(16-28(29,30)31)23(34)22-10-9-20-19-8-7-18-15-17(24(35)36)11-13-26(18,3)21(19)12-14-27(20,22)4/h7,15,19-22H,5-6,8-14,16H2,1-4H3,(H,35,36)/t19-,20-,21-,22+,26-,27-/m0/s1. The molecule has 6 nitrogen and oxygen atoms in total. The Bertz CT molecular complexity index is 1020. The number of carboxylic acid groups (broad SMARTS) is 1. The lowest BCUT2D eigenvalue weighted by atomic mass is 9.48. The lowest BCUT2D eigenvalue weighted by molar-refractivity contribution is -0.162. The van der Waals surface area contributed by atoms with Crippen LogP contribution < -0.4 is 0 Å². The molecule has 0 aliphatic heterocycles. The first kappa shape index (κ1) is 27.7. The van der Waals surface area contributed by atoms with Crippen LogP contribution in [0.25, 0.3) is 0 Å². The summed E-state index contributed by atoms with van der Waals surface area (Å²) in [5.74, 6) is -1.38. The van der Waals surface area contributed by atoms with Crippen molar-refractivity contribution in [3.05, 3.63) is 23.3 Å². The number of allylic oxidation sites excluding steroid dienone is 3. The van der Waals surface area contributed by atoms with E-state index in [1.807, 2.05) is 13.0 Å². The highest BCUT2D eigenvalue weighted by Crippen LogP contribution is 2.66. The Morgan fingerprint density at radius 2 is 1.73 bits per heavy atom. The highest BCUT2D eigenvalue weighted by Gasteiger charge is 2.60. The minimum absolute atomic E-state index is 0.133. The number of imide groups is 1. The van der Waals surface area contributed by atoms with Crippen molar-refractivity contribution in [1.82, 2.24) is 9.80 Å². The van der Waals surface area contributed by atoms with Crippen LogP contribution in [-0.4, -0.2) is 58.6 Å². The highest BCUT2D eigenvalue weighted by atomic mass is 19.4. The summed E-state index contributed by atoms with van der Waals surface area (Å²) >= 11 is 0. The zero-order valence-electron chi connectivity index (χ0n) is 22.2. The minimum Gasteiger partial charge on any atom is -0.478 e. The fourth-order valence-corrected chi connectivity index (χ4v) is 8.17. The normalized spacial score (nSPS) is 34.9. The molecule has 37 heavy (non-hydrogen) atoms. The van der Waals surface area contributed by atoms with E-state index in [-0.39, 0.29) is 24.4 Å². The van der Waals surface area contributed by atoms with Gasteiger partial charge in [0.1, 0.15) is 6.54 Å². The second-order valence-electron chi connectivity index (χ2n) is 11.8. The SMILES string of the molecule is CCN(CC)C(=O)N(CC(F)(F)F)C(=O)[C@H]1CC[C@H]2[C@@H]3CC=C4C=C(C(=O)O)CC[C@]4(C)[C@H]3CC[C@]12C. The quantitative estimate of drug-likeness (QED) is 0.476. The Morgan fingerprint density at radius 1 is 1.05 bits per heavy atom. The molecule has 0 aromatic heterocycles. The Hall–Kier alpha value is -2.32. The van der Waals surface area contributed by atoms with Crippen LogP contribution in [0.4, 0.5) is 18.0 Å². The third-order valence-electron chi connectivity index (χ3n) is 10.2. The maximum absolute atomic E-state index is 13.7. The van der Waals surface area contributed by atoms with E-state index < -0.39 is 42.0 Å². The maximum atomic E-state index is 13.7. The molecule has 0 spiro atoms. The van der Waals surface area contributed by atoms with Crippen LogP contribution in [0.15, 0.2) is 23.3 Å². The van der Waals surface area contributed by atoms with Gasteiger partial charge in [0.2, 0.25) is 5.91 Å². The lowest BCUT2D eigenvalue weighted by Gasteiger charge is -2.57. The van der Waals surface area contributed by atoms with Crippen molar-refractivity contribution < 1.29 is 32.7 Å². The van der Waals surface area contributed by atoms with Crippen LogP contribution in [-0.2, 0) is 9.59 Å². The molecule has 0 saturated heterocycles. The Balaban J connectivity index is 1.61. The van der Waals surface area contributed by atoms with Gasteiger partial charge in [-0.2, -0.15) is 13.2 Å². The first-order valence-electron chi connectivity index (χ1n) is 13.6. The molecular weight excluding hydrogens is 485 g/mol. The molecule has 4 rings (SSSR count). The number of alkyl halides is 3. The topological polar surface area (TPSA) is 77.9 Å². The Kier molecular flexibility index (Phi) is 7.32. The molecule has 4 aliphatic carbocycles. The molecule has 3 amide bonds. The minimum atomic E-state index is -4.67. The number of carbonyl (C=O) groups is 3. The molecule has 6 atom stereocenters. The maximum Gasteiger partial charge on any atom is 0.406 e. The predicted molar refractivity (Wildman–Crippen MR) is 132 cm³/mol. The van der Waals surface area contributed by atoms with Crippen molar-refractivity contribution in [1.29, 1.82) is 0 Å². The summed E-state index contributed by atoms with van der Waals surface area (Å²) in [5.41, 5.74) is 0.931. The monoisotopic (exact) mass is 524 g/mol. The van der Waals surface area contributed by atoms with Crippen LogP contribution in [0, 0.1) is 34.5 Å². The predicted octanol–water partition coefficient (Wildman–Crippen LogP) is 6.04. The van der Waals surface area contributed by atoms with E-state index in [1.165, 1.54) is 4.90 Å². The summed E-state index contributed by atoms with van der Waals surface area (Å²) in [6.45, 7) is 6.55. The fraction of sp³-hybridized carbons (Fsp3) is 0.750. The number of hydrogen-bond donors (Lipinski definition) is 1. The molecule has 206 valence electrons. The molecule has 0 heterocycles. The van der Waals surface area contributed by atoms with Gasteiger partial charge in [0.05, 0.1) is 0 Å². The van der Waals surface area contributed by atoms with E-state index in [1.54, 1.807) is 13.8 Å². The molecule has 2 saturated carbocycles. The largest absolute Gasteiger partial charge is 0.478 e. The average Bonchev–Trinajstić information content (AvgIpc) is 3.18. The van der Waals surface area contributed by atoms with E-state index in [9.17, 15) is 32.7 Å². The molecule has 9 heteroatoms. The third kappa shape index (κ3) is 4.71. The van der Waals surface area contributed by atoms with Gasteiger partial charge in [-0.05, 0) is 99.0 Å². The molecule has 0 radical (unpaired) electrons. The number of rotatable bonds is 5. The van der Waals surface area contributed by atoms with Crippen LogP contribution in [0.2, 0.25) is 0 Å². The second kappa shape index (κ2) is 9.77. The number of halogens is 3. The van der Waals surface area contributed by atoms with Crippen molar-refractivity contribution >= 4 is 17.9 Å². The third-order valence-corrected chi connectivity index (χ3v) is 10.2. The number of nitrogens with zero attached hydrogens (tertiary/aromatic N) is 2. The van der Waals surface area contributed by atoms with E-state index in [4.69, 9.17) is 0 Å². The number of carbonyl (C=O) groups excluding carboxylic acids is 2. The summed E-state index contributed by atoms with van der Waals surface area (Å²) in [6, 6.07) is -0.867. The molecular formula is C28H39F3N2O4. The van der Waals surface area contributed by atoms with Crippen LogP contribution in [0.5, 0.6) is 0 Å². The smallest absolute Gasteiger partial charge is 0.406 e. The van der Waals surface area contributed by atoms with Crippen molar-refractivity contribution in [2.45, 2.75) is 78.8 Å². The molecule has 0 aromatic carbocycles. The van der Waals surface area contributed by atoms with Crippen LogP contribution in [0.3, 0.4) is 0 Å². The zero-order valence-corrected chi connectivity index (χ0v) is 22.2. The van der Waals surface area contributed by atoms with Gasteiger partial charge in [0.15, 0.2) is 0 Å². The fourth-order valence-electron chi connectivity index (χ4n) is 8.17. The average molecular weight is 525 g/mol. The number of carboxylic acids is 1. The van der Waals surface area contributed by atoms with E-state index >= 15 is 0 Å². The molecule has 2 fully saturated rings. The van der Waals surface area contributed by atoms with E-state index in [0.29, 0.717) is 41.6 Å². The van der Waals surface area contributed by atoms with Gasteiger partial charge >= 0.3 is 18.2 Å². The molecule has 1 N–H and O–H groups in total. The number of hydrogen-bond acceptors (Lipinski definition) is 3. The summed E-state index contributed by atoms with van der Waals surface area (Å²) < 4.78 is 40.5. The van der Waals surface area contributed by atoms with E-state index in [0.717, 1.165) is 31.3 Å². The number of aliphatic carboxylic acids is 1. The first-order chi connectivity index (χ1) is 17.3. The van der Waals surface area contributed by atoms with Gasteiger partial charge < -0.3 is 10.0 Å². The van der Waals surface area contributed by atoms with Gasteiger partial charge in [0.25, 0.3) is 0 Å². The number of amides is 3. The van der Waals surface area contributed by atoms with Crippen molar-refractivity contribution in [3.8, 4) is 0 Å². The van der Waals surface area contributed by atoms with Crippen molar-refractivity contribution in [3.63, 3.8) is 0 Å². The van der Waals surface area contributed by atoms with Crippen molar-refractivity contribution in [2.75, 3.05) is 19.6 Å². The second-order valence-corrected chi connectivity index (χ2v) is 11.8. The van der Waals surface area contributed by atoms with Crippen molar-refractivity contribution in [2.24, 2.45) is 34.5 Å². The molecule has 4 aliphatic rings. The van der Waals surface area contributed by atoms with Gasteiger partial charge in [-0.15, -0.1) is 0 Å². The number of fused-ring (bicyclic) bond motifs is 5. The van der Waals surface area contributed by atoms with Gasteiger partial charge in [-0.25, -0.2) is 9.59 Å². The summed E-state index contributed by atoms with van der Waals surface area (Å²) in [6.07, 6.45) is 4.19.